The van der Waals surface area contributed by atoms with Gasteiger partial charge in [-0.05, 0) is 36.8 Å². The second-order valence-corrected chi connectivity index (χ2v) is 5.63. The van der Waals surface area contributed by atoms with E-state index in [0.29, 0.717) is 17.3 Å². The second-order valence-electron chi connectivity index (χ2n) is 5.27. The van der Waals surface area contributed by atoms with Crippen molar-refractivity contribution in [2.24, 2.45) is 0 Å². The summed E-state index contributed by atoms with van der Waals surface area (Å²) in [6.45, 7) is 2.26. The maximum Gasteiger partial charge on any atom is 0.336 e. The van der Waals surface area contributed by atoms with Crippen LogP contribution in [0.4, 0.5) is 5.69 Å². The van der Waals surface area contributed by atoms with Crippen molar-refractivity contribution in [2.75, 3.05) is 5.32 Å². The average molecular weight is 327 g/mol. The third-order valence-electron chi connectivity index (χ3n) is 3.78. The lowest BCUT2D eigenvalue weighted by Crippen LogP contribution is -2.06. The molecule has 116 valence electrons. The summed E-state index contributed by atoms with van der Waals surface area (Å²) in [5, 5.41) is 13.9. The third-order valence-corrected chi connectivity index (χ3v) is 4.11. The number of carboxylic acid groups (broad SMARTS) is 1. The number of fused-ring (bicyclic) bond motifs is 1. The monoisotopic (exact) mass is 326 g/mol. The SMILES string of the molecule is Cc1c(NCc2cc3ccccc3nc2Cl)cccc1C(=O)O. The zero-order chi connectivity index (χ0) is 16.4. The van der Waals surface area contributed by atoms with Gasteiger partial charge in [0.05, 0.1) is 11.1 Å². The van der Waals surface area contributed by atoms with Gasteiger partial charge in [-0.25, -0.2) is 9.78 Å². The Kier molecular flexibility index (Phi) is 4.17. The van der Waals surface area contributed by atoms with Crippen molar-refractivity contribution < 1.29 is 9.90 Å². The zero-order valence-corrected chi connectivity index (χ0v) is 13.3. The van der Waals surface area contributed by atoms with Crippen molar-refractivity contribution in [3.8, 4) is 0 Å². The van der Waals surface area contributed by atoms with Crippen LogP contribution in [0.25, 0.3) is 10.9 Å². The number of nitrogens with one attached hydrogen (secondary N) is 1. The first kappa shape index (κ1) is 15.3. The Hall–Kier alpha value is -2.59. The molecule has 1 heterocycles. The Morgan fingerprint density at radius 3 is 2.78 bits per heavy atom. The van der Waals surface area contributed by atoms with Gasteiger partial charge in [-0.1, -0.05) is 35.9 Å². The maximum atomic E-state index is 11.2. The van der Waals surface area contributed by atoms with Crippen molar-refractivity contribution in [2.45, 2.75) is 13.5 Å². The summed E-state index contributed by atoms with van der Waals surface area (Å²) in [6, 6.07) is 14.9. The van der Waals surface area contributed by atoms with E-state index >= 15 is 0 Å². The first-order chi connectivity index (χ1) is 11.1. The molecule has 3 rings (SSSR count). The van der Waals surface area contributed by atoms with Crippen LogP contribution in [0, 0.1) is 6.92 Å². The van der Waals surface area contributed by atoms with E-state index in [4.69, 9.17) is 11.6 Å². The summed E-state index contributed by atoms with van der Waals surface area (Å²) < 4.78 is 0. The molecule has 0 aliphatic rings. The average Bonchev–Trinajstić information content (AvgIpc) is 2.53. The topological polar surface area (TPSA) is 62.2 Å². The number of anilines is 1. The van der Waals surface area contributed by atoms with Gasteiger partial charge in [0.25, 0.3) is 0 Å². The molecular formula is C18H15ClN2O2. The molecule has 0 amide bonds. The molecule has 0 aliphatic heterocycles. The number of carboxylic acids is 1. The summed E-state index contributed by atoms with van der Waals surface area (Å²) >= 11 is 6.25. The molecule has 0 aliphatic carbocycles. The highest BCUT2D eigenvalue weighted by Crippen LogP contribution is 2.23. The lowest BCUT2D eigenvalue weighted by molar-refractivity contribution is 0.0696. The molecule has 0 unspecified atom stereocenters. The number of nitrogens with zero attached hydrogens (tertiary/aromatic N) is 1. The first-order valence-electron chi connectivity index (χ1n) is 7.17. The Labute approximate surface area is 138 Å². The molecule has 23 heavy (non-hydrogen) atoms. The quantitative estimate of drug-likeness (QED) is 0.693. The molecule has 0 bridgehead atoms. The minimum Gasteiger partial charge on any atom is -0.478 e. The number of benzene rings is 2. The number of para-hydroxylation sites is 1. The third kappa shape index (κ3) is 3.12. The number of carbonyl (C=O) groups is 1. The molecule has 2 aromatic carbocycles. The molecule has 0 saturated heterocycles. The highest BCUT2D eigenvalue weighted by atomic mass is 35.5. The highest BCUT2D eigenvalue weighted by molar-refractivity contribution is 6.30. The van der Waals surface area contributed by atoms with Crippen LogP contribution in [0.5, 0.6) is 0 Å². The number of halogens is 1. The van der Waals surface area contributed by atoms with Gasteiger partial charge in [0, 0.05) is 23.2 Å². The molecule has 5 heteroatoms. The van der Waals surface area contributed by atoms with E-state index in [1.165, 1.54) is 0 Å². The molecular weight excluding hydrogens is 312 g/mol. The highest BCUT2D eigenvalue weighted by Gasteiger charge is 2.11. The number of rotatable bonds is 4. The number of hydrogen-bond donors (Lipinski definition) is 2. The molecule has 4 nitrogen and oxygen atoms in total. The predicted molar refractivity (Wildman–Crippen MR) is 92.2 cm³/mol. The van der Waals surface area contributed by atoms with Gasteiger partial charge in [0.1, 0.15) is 5.15 Å². The van der Waals surface area contributed by atoms with E-state index < -0.39 is 5.97 Å². The maximum absolute atomic E-state index is 11.2. The molecule has 0 radical (unpaired) electrons. The van der Waals surface area contributed by atoms with E-state index in [0.717, 1.165) is 22.2 Å². The number of hydrogen-bond acceptors (Lipinski definition) is 3. The van der Waals surface area contributed by atoms with Gasteiger partial charge < -0.3 is 10.4 Å². The van der Waals surface area contributed by atoms with Crippen LogP contribution in [0.3, 0.4) is 0 Å². The molecule has 3 aromatic rings. The zero-order valence-electron chi connectivity index (χ0n) is 12.5. The van der Waals surface area contributed by atoms with Crippen LogP contribution < -0.4 is 5.32 Å². The molecule has 0 fully saturated rings. The van der Waals surface area contributed by atoms with E-state index in [1.54, 1.807) is 19.1 Å². The Morgan fingerprint density at radius 1 is 1.22 bits per heavy atom. The van der Waals surface area contributed by atoms with E-state index in [-0.39, 0.29) is 5.56 Å². The normalized spacial score (nSPS) is 10.7. The summed E-state index contributed by atoms with van der Waals surface area (Å²) in [5.41, 5.74) is 3.48. The lowest BCUT2D eigenvalue weighted by Gasteiger charge is -2.12. The van der Waals surface area contributed by atoms with Crippen LogP contribution in [0.15, 0.2) is 48.5 Å². The van der Waals surface area contributed by atoms with Crippen molar-refractivity contribution in [3.63, 3.8) is 0 Å². The number of aromatic nitrogens is 1. The van der Waals surface area contributed by atoms with Gasteiger partial charge in [-0.3, -0.25) is 0 Å². The van der Waals surface area contributed by atoms with Crippen LogP contribution in [0.2, 0.25) is 5.15 Å². The van der Waals surface area contributed by atoms with Crippen LogP contribution >= 0.6 is 11.6 Å². The molecule has 1 aromatic heterocycles. The Bertz CT molecular complexity index is 893. The van der Waals surface area contributed by atoms with Crippen molar-refractivity contribution in [1.29, 1.82) is 0 Å². The Morgan fingerprint density at radius 2 is 2.00 bits per heavy atom. The van der Waals surface area contributed by atoms with Crippen LogP contribution in [0.1, 0.15) is 21.5 Å². The summed E-state index contributed by atoms with van der Waals surface area (Å²) in [7, 11) is 0. The van der Waals surface area contributed by atoms with Crippen molar-refractivity contribution in [1.82, 2.24) is 4.98 Å². The van der Waals surface area contributed by atoms with Gasteiger partial charge in [0.15, 0.2) is 0 Å². The smallest absolute Gasteiger partial charge is 0.336 e. The molecule has 2 N–H and O–H groups in total. The summed E-state index contributed by atoms with van der Waals surface area (Å²) in [4.78, 5) is 15.6. The standard InChI is InChI=1S/C18H15ClN2O2/c1-11-14(18(22)23)6-4-8-15(11)20-10-13-9-12-5-2-3-7-16(12)21-17(13)19/h2-9,20H,10H2,1H3,(H,22,23). The molecule has 0 spiro atoms. The molecule has 0 atom stereocenters. The molecule has 0 saturated carbocycles. The number of pyridine rings is 1. The predicted octanol–water partition coefficient (Wildman–Crippen LogP) is 4.51. The lowest BCUT2D eigenvalue weighted by atomic mass is 10.1. The minimum atomic E-state index is -0.934. The fourth-order valence-electron chi connectivity index (χ4n) is 2.51. The van der Waals surface area contributed by atoms with E-state index in [1.807, 2.05) is 36.4 Å². The fourth-order valence-corrected chi connectivity index (χ4v) is 2.72. The van der Waals surface area contributed by atoms with Crippen molar-refractivity contribution >= 4 is 34.2 Å². The largest absolute Gasteiger partial charge is 0.478 e. The van der Waals surface area contributed by atoms with E-state index in [9.17, 15) is 9.90 Å². The van der Waals surface area contributed by atoms with Gasteiger partial charge in [-0.15, -0.1) is 0 Å². The Balaban J connectivity index is 1.88. The first-order valence-corrected chi connectivity index (χ1v) is 7.55. The minimum absolute atomic E-state index is 0.290. The fraction of sp³-hybridized carbons (Fsp3) is 0.111. The van der Waals surface area contributed by atoms with Crippen LogP contribution in [-0.2, 0) is 6.54 Å². The number of aromatic carboxylic acids is 1. The van der Waals surface area contributed by atoms with Gasteiger partial charge in [-0.2, -0.15) is 0 Å². The summed E-state index contributed by atoms with van der Waals surface area (Å²) in [6.07, 6.45) is 0. The second kappa shape index (κ2) is 6.26. The van der Waals surface area contributed by atoms with Crippen LogP contribution in [-0.4, -0.2) is 16.1 Å². The van der Waals surface area contributed by atoms with E-state index in [2.05, 4.69) is 10.3 Å². The summed E-state index contributed by atoms with van der Waals surface area (Å²) in [5.74, 6) is -0.934. The van der Waals surface area contributed by atoms with Gasteiger partial charge in [0.2, 0.25) is 0 Å². The van der Waals surface area contributed by atoms with Crippen molar-refractivity contribution in [3.05, 3.63) is 70.4 Å². The van der Waals surface area contributed by atoms with Gasteiger partial charge >= 0.3 is 5.97 Å².